The van der Waals surface area contributed by atoms with E-state index in [1.165, 1.54) is 148 Å². The van der Waals surface area contributed by atoms with Crippen molar-refractivity contribution in [1.29, 1.82) is 0 Å². The molecule has 0 aromatic rings. The minimum atomic E-state index is -0.821. The maximum atomic E-state index is 12.7. The molecule has 61 heavy (non-hydrogen) atoms. The van der Waals surface area contributed by atoms with Crippen LogP contribution in [0.4, 0.5) is 0 Å². The Kier molecular flexibility index (Phi) is 47.4. The summed E-state index contributed by atoms with van der Waals surface area (Å²) < 4.78 is 16.7. The van der Waals surface area contributed by atoms with Crippen molar-refractivity contribution in [1.82, 2.24) is 0 Å². The van der Waals surface area contributed by atoms with Crippen LogP contribution in [0.2, 0.25) is 0 Å². The number of allylic oxidation sites excluding steroid dienone is 10. The molecule has 0 heterocycles. The molecule has 352 valence electrons. The van der Waals surface area contributed by atoms with Gasteiger partial charge in [0.25, 0.3) is 0 Å². The molecule has 1 atom stereocenters. The normalized spacial score (nSPS) is 12.5. The maximum absolute atomic E-state index is 12.7. The highest BCUT2D eigenvalue weighted by atomic mass is 16.6. The van der Waals surface area contributed by atoms with E-state index in [1.54, 1.807) is 0 Å². The molecule has 0 aliphatic heterocycles. The van der Waals surface area contributed by atoms with E-state index in [0.717, 1.165) is 51.4 Å². The Balaban J connectivity index is 4.50. The van der Waals surface area contributed by atoms with E-state index in [4.69, 9.17) is 14.2 Å². The lowest BCUT2D eigenvalue weighted by molar-refractivity contribution is -0.166. The Morgan fingerprint density at radius 2 is 0.639 bits per heavy atom. The number of unbranched alkanes of at least 4 members (excludes halogenated alkanes) is 25. The zero-order chi connectivity index (χ0) is 44.4. The molecule has 0 amide bonds. The first-order valence-electron chi connectivity index (χ1n) is 25.8. The molecule has 6 heteroatoms. The van der Waals surface area contributed by atoms with Crippen molar-refractivity contribution < 1.29 is 28.6 Å². The third-order valence-corrected chi connectivity index (χ3v) is 11.0. The van der Waals surface area contributed by atoms with Gasteiger partial charge in [0.15, 0.2) is 6.10 Å². The molecule has 0 aliphatic carbocycles. The standard InChI is InChI=1S/C55H96O6/c1-4-7-10-13-16-19-22-25-26-27-28-31-33-36-39-42-45-48-54(57)60-51-52(61-55(58)49-46-43-40-37-34-30-24-21-18-15-12-9-6-3)50-59-53(56)47-44-41-38-35-32-29-23-20-17-14-11-8-5-2/h25-26,28,30-31,34,36,39-40,43,52H,4-24,27,29,32-33,35,37-38,41-42,44-51H2,1-3H3/b26-25+,31-28+,34-30+,39-36+,43-40+. The van der Waals surface area contributed by atoms with Crippen LogP contribution in [-0.2, 0) is 28.6 Å². The van der Waals surface area contributed by atoms with Crippen LogP contribution >= 0.6 is 0 Å². The fourth-order valence-electron chi connectivity index (χ4n) is 7.10. The summed E-state index contributed by atoms with van der Waals surface area (Å²) in [6.07, 6.45) is 60.8. The van der Waals surface area contributed by atoms with Crippen molar-refractivity contribution >= 4 is 17.9 Å². The molecule has 0 fully saturated rings. The molecule has 0 aliphatic rings. The largest absolute Gasteiger partial charge is 0.462 e. The summed E-state index contributed by atoms with van der Waals surface area (Å²) in [4.78, 5) is 37.9. The van der Waals surface area contributed by atoms with E-state index in [0.29, 0.717) is 19.3 Å². The van der Waals surface area contributed by atoms with Crippen LogP contribution < -0.4 is 0 Å². The summed E-state index contributed by atoms with van der Waals surface area (Å²) in [5.41, 5.74) is 0. The molecule has 1 unspecified atom stereocenters. The van der Waals surface area contributed by atoms with Crippen LogP contribution in [0.3, 0.4) is 0 Å². The SMILES string of the molecule is CCCCCCCC/C=C/C/C=C/C/C=C/CCCC(=O)OCC(COC(=O)CCCCCCCCCCCCCCC)OC(=O)CC/C=C/C/C=C/CCCCCCCC. The van der Waals surface area contributed by atoms with Crippen molar-refractivity contribution in [2.75, 3.05) is 13.2 Å². The molecule has 0 radical (unpaired) electrons. The van der Waals surface area contributed by atoms with E-state index in [9.17, 15) is 14.4 Å². The van der Waals surface area contributed by atoms with E-state index in [1.807, 2.05) is 6.08 Å². The monoisotopic (exact) mass is 853 g/mol. The summed E-state index contributed by atoms with van der Waals surface area (Å²) in [6, 6.07) is 0. The number of carbonyl (C=O) groups excluding carboxylic acids is 3. The Labute approximate surface area is 377 Å². The molecule has 0 aromatic carbocycles. The molecule has 0 spiro atoms. The molecule has 0 N–H and O–H groups in total. The van der Waals surface area contributed by atoms with Crippen molar-refractivity contribution in [3.05, 3.63) is 60.8 Å². The van der Waals surface area contributed by atoms with Crippen LogP contribution in [-0.4, -0.2) is 37.2 Å². The number of esters is 3. The van der Waals surface area contributed by atoms with Crippen molar-refractivity contribution in [2.45, 2.75) is 258 Å². The zero-order valence-corrected chi connectivity index (χ0v) is 40.2. The lowest BCUT2D eigenvalue weighted by Gasteiger charge is -2.18. The van der Waals surface area contributed by atoms with Crippen LogP contribution in [0.1, 0.15) is 252 Å². The zero-order valence-electron chi connectivity index (χ0n) is 40.2. The number of ether oxygens (including phenoxy) is 3. The van der Waals surface area contributed by atoms with Gasteiger partial charge in [-0.3, -0.25) is 14.4 Å². The average molecular weight is 853 g/mol. The highest BCUT2D eigenvalue weighted by Crippen LogP contribution is 2.14. The van der Waals surface area contributed by atoms with Gasteiger partial charge < -0.3 is 14.2 Å². The Morgan fingerprint density at radius 1 is 0.328 bits per heavy atom. The van der Waals surface area contributed by atoms with E-state index < -0.39 is 6.10 Å². The summed E-state index contributed by atoms with van der Waals surface area (Å²) in [7, 11) is 0. The number of rotatable bonds is 46. The average Bonchev–Trinajstić information content (AvgIpc) is 3.26. The number of hydrogen-bond acceptors (Lipinski definition) is 6. The van der Waals surface area contributed by atoms with Gasteiger partial charge in [-0.2, -0.15) is 0 Å². The predicted molar refractivity (Wildman–Crippen MR) is 261 cm³/mol. The highest BCUT2D eigenvalue weighted by Gasteiger charge is 2.19. The molecular weight excluding hydrogens is 757 g/mol. The molecule has 0 rings (SSSR count). The Hall–Kier alpha value is -2.89. The minimum Gasteiger partial charge on any atom is -0.462 e. The summed E-state index contributed by atoms with van der Waals surface area (Å²) >= 11 is 0. The maximum Gasteiger partial charge on any atom is 0.306 e. The van der Waals surface area contributed by atoms with Gasteiger partial charge in [-0.25, -0.2) is 0 Å². The van der Waals surface area contributed by atoms with Gasteiger partial charge >= 0.3 is 17.9 Å². The van der Waals surface area contributed by atoms with Crippen molar-refractivity contribution in [3.8, 4) is 0 Å². The predicted octanol–water partition coefficient (Wildman–Crippen LogP) is 16.9. The van der Waals surface area contributed by atoms with E-state index >= 15 is 0 Å². The summed E-state index contributed by atoms with van der Waals surface area (Å²) in [5.74, 6) is -1.03. The Bertz CT molecular complexity index is 1120. The molecular formula is C55H96O6. The first kappa shape index (κ1) is 58.1. The fraction of sp³-hybridized carbons (Fsp3) is 0.764. The molecule has 0 bridgehead atoms. The number of hydrogen-bond donors (Lipinski definition) is 0. The summed E-state index contributed by atoms with van der Waals surface area (Å²) in [6.45, 7) is 6.53. The Morgan fingerprint density at radius 3 is 1.05 bits per heavy atom. The molecule has 6 nitrogen and oxygen atoms in total. The van der Waals surface area contributed by atoms with Crippen molar-refractivity contribution in [2.24, 2.45) is 0 Å². The third kappa shape index (κ3) is 48.0. The second-order valence-electron chi connectivity index (χ2n) is 17.1. The van der Waals surface area contributed by atoms with Gasteiger partial charge in [-0.1, -0.05) is 223 Å². The smallest absolute Gasteiger partial charge is 0.306 e. The van der Waals surface area contributed by atoms with Gasteiger partial charge in [0.2, 0.25) is 0 Å². The van der Waals surface area contributed by atoms with Crippen LogP contribution in [0.15, 0.2) is 60.8 Å². The molecule has 0 saturated carbocycles. The highest BCUT2D eigenvalue weighted by molar-refractivity contribution is 5.71. The lowest BCUT2D eigenvalue weighted by atomic mass is 10.0. The number of carbonyl (C=O) groups is 3. The second-order valence-corrected chi connectivity index (χ2v) is 17.1. The van der Waals surface area contributed by atoms with Crippen LogP contribution in [0.5, 0.6) is 0 Å². The summed E-state index contributed by atoms with van der Waals surface area (Å²) in [5, 5.41) is 0. The van der Waals surface area contributed by atoms with Crippen LogP contribution in [0.25, 0.3) is 0 Å². The van der Waals surface area contributed by atoms with Gasteiger partial charge in [-0.05, 0) is 70.6 Å². The molecule has 0 saturated heterocycles. The fourth-order valence-corrected chi connectivity index (χ4v) is 7.10. The second kappa shape index (κ2) is 49.8. The quantitative estimate of drug-likeness (QED) is 0.0263. The van der Waals surface area contributed by atoms with E-state index in [-0.39, 0.29) is 44.0 Å². The van der Waals surface area contributed by atoms with Gasteiger partial charge in [0.05, 0.1) is 0 Å². The van der Waals surface area contributed by atoms with Crippen molar-refractivity contribution in [3.63, 3.8) is 0 Å². The van der Waals surface area contributed by atoms with Crippen LogP contribution in [0, 0.1) is 0 Å². The van der Waals surface area contributed by atoms with Gasteiger partial charge in [-0.15, -0.1) is 0 Å². The third-order valence-electron chi connectivity index (χ3n) is 11.0. The molecule has 0 aromatic heterocycles. The minimum absolute atomic E-state index is 0.110. The lowest BCUT2D eigenvalue weighted by Crippen LogP contribution is -2.30. The van der Waals surface area contributed by atoms with Gasteiger partial charge in [0, 0.05) is 19.3 Å². The first-order valence-corrected chi connectivity index (χ1v) is 25.8. The first-order chi connectivity index (χ1) is 30.0. The van der Waals surface area contributed by atoms with E-state index in [2.05, 4.69) is 75.5 Å². The van der Waals surface area contributed by atoms with Gasteiger partial charge in [0.1, 0.15) is 13.2 Å². The topological polar surface area (TPSA) is 78.9 Å².